The molecule has 1 amide bonds. The zero-order chi connectivity index (χ0) is 12.8. The molecule has 0 bridgehead atoms. The summed E-state index contributed by atoms with van der Waals surface area (Å²) in [5.74, 6) is 0.105. The molecule has 1 heterocycles. The molecule has 0 spiro atoms. The lowest BCUT2D eigenvalue weighted by Crippen LogP contribution is -2.31. The van der Waals surface area contributed by atoms with Crippen LogP contribution in [0.1, 0.15) is 12.8 Å². The number of halogens is 1. The molecule has 0 radical (unpaired) electrons. The van der Waals surface area contributed by atoms with Gasteiger partial charge in [0.05, 0.1) is 6.61 Å². The van der Waals surface area contributed by atoms with Gasteiger partial charge in [0.25, 0.3) is 0 Å². The molecule has 0 saturated carbocycles. The van der Waals surface area contributed by atoms with Crippen molar-refractivity contribution in [2.24, 2.45) is 5.92 Å². The quantitative estimate of drug-likeness (QED) is 0.868. The number of benzene rings is 1. The highest BCUT2D eigenvalue weighted by Gasteiger charge is 2.15. The Balaban J connectivity index is 1.73. The van der Waals surface area contributed by atoms with Gasteiger partial charge in [0.1, 0.15) is 5.82 Å². The lowest BCUT2D eigenvalue weighted by molar-refractivity contribution is 0.131. The molecular formula is C13H17FN2O2. The molecule has 1 aliphatic rings. The topological polar surface area (TPSA) is 50.4 Å². The lowest BCUT2D eigenvalue weighted by Gasteiger charge is -2.22. The molecular weight excluding hydrogens is 235 g/mol. The summed E-state index contributed by atoms with van der Waals surface area (Å²) in [4.78, 5) is 11.5. The van der Waals surface area contributed by atoms with Gasteiger partial charge in [0.15, 0.2) is 0 Å². The predicted molar refractivity (Wildman–Crippen MR) is 67.0 cm³/mol. The highest BCUT2D eigenvalue weighted by atomic mass is 19.1. The predicted octanol–water partition coefficient (Wildman–Crippen LogP) is 2.37. The number of piperidine rings is 1. The van der Waals surface area contributed by atoms with Gasteiger partial charge in [0, 0.05) is 5.69 Å². The van der Waals surface area contributed by atoms with E-state index < -0.39 is 6.09 Å². The van der Waals surface area contributed by atoms with Crippen LogP contribution in [0.25, 0.3) is 0 Å². The van der Waals surface area contributed by atoms with Crippen LogP contribution in [0.5, 0.6) is 0 Å². The van der Waals surface area contributed by atoms with Crippen LogP contribution >= 0.6 is 0 Å². The van der Waals surface area contributed by atoms with Crippen molar-refractivity contribution in [2.75, 3.05) is 25.0 Å². The average molecular weight is 252 g/mol. The minimum Gasteiger partial charge on any atom is -0.449 e. The number of rotatable bonds is 3. The van der Waals surface area contributed by atoms with E-state index in [9.17, 15) is 9.18 Å². The first kappa shape index (κ1) is 12.8. The van der Waals surface area contributed by atoms with E-state index in [2.05, 4.69) is 10.6 Å². The first-order valence-corrected chi connectivity index (χ1v) is 6.14. The third-order valence-corrected chi connectivity index (χ3v) is 3.00. The van der Waals surface area contributed by atoms with E-state index in [0.29, 0.717) is 18.2 Å². The summed E-state index contributed by atoms with van der Waals surface area (Å²) in [6.07, 6.45) is 1.58. The van der Waals surface area contributed by atoms with Gasteiger partial charge in [-0.15, -0.1) is 0 Å². The van der Waals surface area contributed by atoms with Gasteiger partial charge >= 0.3 is 6.09 Å². The van der Waals surface area contributed by atoms with Gasteiger partial charge in [0.2, 0.25) is 0 Å². The molecule has 0 atom stereocenters. The second kappa shape index (κ2) is 6.35. The number of nitrogens with one attached hydrogen (secondary N) is 2. The van der Waals surface area contributed by atoms with Crippen LogP contribution in [-0.4, -0.2) is 25.8 Å². The molecule has 18 heavy (non-hydrogen) atoms. The minimum absolute atomic E-state index is 0.330. The molecule has 1 fully saturated rings. The molecule has 98 valence electrons. The number of hydrogen-bond acceptors (Lipinski definition) is 3. The van der Waals surface area contributed by atoms with Gasteiger partial charge in [-0.1, -0.05) is 0 Å². The third-order valence-electron chi connectivity index (χ3n) is 3.00. The number of anilines is 1. The first-order valence-electron chi connectivity index (χ1n) is 6.14. The van der Waals surface area contributed by atoms with Gasteiger partial charge in [-0.25, -0.2) is 9.18 Å². The van der Waals surface area contributed by atoms with E-state index in [1.165, 1.54) is 24.3 Å². The van der Waals surface area contributed by atoms with Crippen molar-refractivity contribution in [3.63, 3.8) is 0 Å². The molecule has 2 rings (SSSR count). The van der Waals surface area contributed by atoms with E-state index >= 15 is 0 Å². The SMILES string of the molecule is O=C(Nc1ccc(F)cc1)OCC1CCNCC1. The van der Waals surface area contributed by atoms with E-state index in [4.69, 9.17) is 4.74 Å². The van der Waals surface area contributed by atoms with Crippen molar-refractivity contribution in [3.8, 4) is 0 Å². The summed E-state index contributed by atoms with van der Waals surface area (Å²) in [5.41, 5.74) is 0.534. The molecule has 5 heteroatoms. The number of carbonyl (C=O) groups is 1. The Hall–Kier alpha value is -1.62. The van der Waals surface area contributed by atoms with Crippen LogP contribution in [-0.2, 0) is 4.74 Å². The highest BCUT2D eigenvalue weighted by Crippen LogP contribution is 2.13. The van der Waals surface area contributed by atoms with E-state index in [1.807, 2.05) is 0 Å². The number of hydrogen-bond donors (Lipinski definition) is 2. The van der Waals surface area contributed by atoms with Crippen molar-refractivity contribution in [1.29, 1.82) is 0 Å². The lowest BCUT2D eigenvalue weighted by atomic mass is 9.99. The Labute approximate surface area is 106 Å². The van der Waals surface area contributed by atoms with E-state index in [1.54, 1.807) is 0 Å². The van der Waals surface area contributed by atoms with Gasteiger partial charge in [-0.05, 0) is 56.1 Å². The molecule has 0 aromatic heterocycles. The van der Waals surface area contributed by atoms with Crippen LogP contribution in [0.15, 0.2) is 24.3 Å². The molecule has 1 aliphatic heterocycles. The maximum Gasteiger partial charge on any atom is 0.411 e. The fourth-order valence-corrected chi connectivity index (χ4v) is 1.93. The summed E-state index contributed by atoms with van der Waals surface area (Å²) in [7, 11) is 0. The highest BCUT2D eigenvalue weighted by molar-refractivity contribution is 5.84. The van der Waals surface area contributed by atoms with Crippen molar-refractivity contribution >= 4 is 11.8 Å². The Morgan fingerprint density at radius 1 is 1.33 bits per heavy atom. The monoisotopic (exact) mass is 252 g/mol. The van der Waals surface area contributed by atoms with Crippen LogP contribution in [0.3, 0.4) is 0 Å². The van der Waals surface area contributed by atoms with Crippen LogP contribution in [0.2, 0.25) is 0 Å². The van der Waals surface area contributed by atoms with E-state index in [-0.39, 0.29) is 5.82 Å². The maximum atomic E-state index is 12.7. The standard InChI is InChI=1S/C13H17FN2O2/c14-11-1-3-12(4-2-11)16-13(17)18-9-10-5-7-15-8-6-10/h1-4,10,15H,5-9H2,(H,16,17). The van der Waals surface area contributed by atoms with Crippen molar-refractivity contribution in [3.05, 3.63) is 30.1 Å². The number of carbonyl (C=O) groups excluding carboxylic acids is 1. The fraction of sp³-hybridized carbons (Fsp3) is 0.462. The smallest absolute Gasteiger partial charge is 0.411 e. The average Bonchev–Trinajstić information content (AvgIpc) is 2.40. The molecule has 0 unspecified atom stereocenters. The maximum absolute atomic E-state index is 12.7. The summed E-state index contributed by atoms with van der Waals surface area (Å²) >= 11 is 0. The first-order chi connectivity index (χ1) is 8.74. The Kier molecular flexibility index (Phi) is 4.52. The summed E-state index contributed by atoms with van der Waals surface area (Å²) < 4.78 is 17.8. The number of amides is 1. The zero-order valence-electron chi connectivity index (χ0n) is 10.1. The Bertz CT molecular complexity index is 388. The van der Waals surface area contributed by atoms with Crippen LogP contribution in [0, 0.1) is 11.7 Å². The van der Waals surface area contributed by atoms with Crippen molar-refractivity contribution in [1.82, 2.24) is 5.32 Å². The second-order valence-electron chi connectivity index (χ2n) is 4.42. The number of ether oxygens (including phenoxy) is 1. The molecule has 2 N–H and O–H groups in total. The normalized spacial score (nSPS) is 16.3. The molecule has 1 aromatic rings. The Morgan fingerprint density at radius 2 is 2.00 bits per heavy atom. The molecule has 4 nitrogen and oxygen atoms in total. The molecule has 1 aromatic carbocycles. The van der Waals surface area contributed by atoms with Crippen molar-refractivity contribution in [2.45, 2.75) is 12.8 Å². The van der Waals surface area contributed by atoms with Crippen LogP contribution < -0.4 is 10.6 Å². The Morgan fingerprint density at radius 3 is 2.67 bits per heavy atom. The molecule has 1 saturated heterocycles. The van der Waals surface area contributed by atoms with Gasteiger partial charge in [-0.2, -0.15) is 0 Å². The summed E-state index contributed by atoms with van der Waals surface area (Å²) in [5, 5.41) is 5.82. The largest absolute Gasteiger partial charge is 0.449 e. The second-order valence-corrected chi connectivity index (χ2v) is 4.42. The van der Waals surface area contributed by atoms with Crippen LogP contribution in [0.4, 0.5) is 14.9 Å². The summed E-state index contributed by atoms with van der Waals surface area (Å²) in [6, 6.07) is 5.59. The third kappa shape index (κ3) is 4.00. The van der Waals surface area contributed by atoms with E-state index in [0.717, 1.165) is 25.9 Å². The van der Waals surface area contributed by atoms with Gasteiger partial charge < -0.3 is 10.1 Å². The summed E-state index contributed by atoms with van der Waals surface area (Å²) in [6.45, 7) is 2.40. The van der Waals surface area contributed by atoms with Gasteiger partial charge in [-0.3, -0.25) is 5.32 Å². The van der Waals surface area contributed by atoms with Crippen molar-refractivity contribution < 1.29 is 13.9 Å². The fourth-order valence-electron chi connectivity index (χ4n) is 1.93. The minimum atomic E-state index is -0.486. The zero-order valence-corrected chi connectivity index (χ0v) is 10.1. The molecule has 0 aliphatic carbocycles.